The smallest absolute Gasteiger partial charge is 0.326 e. The highest BCUT2D eigenvalue weighted by molar-refractivity contribution is 5.87. The van der Waals surface area contributed by atoms with Gasteiger partial charge in [-0.1, -0.05) is 34.1 Å². The molecule has 0 aromatic rings. The molecule has 1 amide bonds. The summed E-state index contributed by atoms with van der Waals surface area (Å²) in [5.41, 5.74) is 5.65. The second-order valence-electron chi connectivity index (χ2n) is 4.48. The molecule has 4 N–H and O–H groups in total. The second kappa shape index (κ2) is 6.48. The summed E-state index contributed by atoms with van der Waals surface area (Å²) in [4.78, 5) is 22.6. The van der Waals surface area contributed by atoms with Gasteiger partial charge in [-0.15, -0.1) is 0 Å². The van der Waals surface area contributed by atoms with E-state index in [2.05, 4.69) is 5.32 Å². The van der Waals surface area contributed by atoms with Gasteiger partial charge in [-0.25, -0.2) is 4.79 Å². The molecule has 0 aromatic carbocycles. The summed E-state index contributed by atoms with van der Waals surface area (Å²) in [6.07, 6.45) is 0.689. The molecule has 0 saturated carbocycles. The Balaban J connectivity index is 4.52. The van der Waals surface area contributed by atoms with Crippen LogP contribution in [0, 0.1) is 11.8 Å². The molecule has 0 aromatic heterocycles. The summed E-state index contributed by atoms with van der Waals surface area (Å²) >= 11 is 0. The summed E-state index contributed by atoms with van der Waals surface area (Å²) in [5, 5.41) is 11.5. The number of rotatable bonds is 6. The Morgan fingerprint density at radius 1 is 1.31 bits per heavy atom. The van der Waals surface area contributed by atoms with Crippen LogP contribution >= 0.6 is 0 Å². The van der Waals surface area contributed by atoms with Crippen molar-refractivity contribution >= 4 is 11.9 Å². The largest absolute Gasteiger partial charge is 0.480 e. The fourth-order valence-corrected chi connectivity index (χ4v) is 1.24. The molecule has 0 fully saturated rings. The minimum absolute atomic E-state index is 0.00798. The highest BCUT2D eigenvalue weighted by Crippen LogP contribution is 2.09. The monoisotopic (exact) mass is 230 g/mol. The molecular weight excluding hydrogens is 208 g/mol. The molecule has 94 valence electrons. The Morgan fingerprint density at radius 2 is 1.81 bits per heavy atom. The maximum Gasteiger partial charge on any atom is 0.326 e. The third kappa shape index (κ3) is 4.18. The van der Waals surface area contributed by atoms with E-state index in [0.717, 1.165) is 0 Å². The normalized spacial score (nSPS) is 16.6. The average Bonchev–Trinajstić information content (AvgIpc) is 2.22. The number of carbonyl (C=O) groups excluding carboxylic acids is 1. The third-order valence-corrected chi connectivity index (χ3v) is 2.80. The number of hydrogen-bond acceptors (Lipinski definition) is 3. The maximum atomic E-state index is 11.6. The Morgan fingerprint density at radius 3 is 2.12 bits per heavy atom. The van der Waals surface area contributed by atoms with E-state index in [4.69, 9.17) is 10.8 Å². The SMILES string of the molecule is CCC(C)[C@@H](NC(=O)[C@H](N)C(C)C)C(=O)O. The Kier molecular flexibility index (Phi) is 6.03. The molecule has 0 spiro atoms. The molecule has 0 aliphatic heterocycles. The molecule has 0 rings (SSSR count). The molecule has 0 bridgehead atoms. The van der Waals surface area contributed by atoms with Crippen LogP contribution in [0.3, 0.4) is 0 Å². The van der Waals surface area contributed by atoms with Gasteiger partial charge < -0.3 is 16.2 Å². The summed E-state index contributed by atoms with van der Waals surface area (Å²) < 4.78 is 0. The first-order valence-electron chi connectivity index (χ1n) is 5.60. The van der Waals surface area contributed by atoms with Crippen molar-refractivity contribution in [1.29, 1.82) is 0 Å². The van der Waals surface area contributed by atoms with Gasteiger partial charge in [0.1, 0.15) is 6.04 Å². The van der Waals surface area contributed by atoms with E-state index in [1.54, 1.807) is 6.92 Å². The van der Waals surface area contributed by atoms with Crippen LogP contribution in [0.5, 0.6) is 0 Å². The van der Waals surface area contributed by atoms with E-state index in [9.17, 15) is 9.59 Å². The fourth-order valence-electron chi connectivity index (χ4n) is 1.24. The van der Waals surface area contributed by atoms with Gasteiger partial charge in [0.15, 0.2) is 0 Å². The first-order chi connectivity index (χ1) is 7.31. The van der Waals surface area contributed by atoms with Crippen molar-refractivity contribution in [2.45, 2.75) is 46.2 Å². The molecule has 0 aliphatic rings. The summed E-state index contributed by atoms with van der Waals surface area (Å²) in [6.45, 7) is 7.32. The maximum absolute atomic E-state index is 11.6. The number of amides is 1. The van der Waals surface area contributed by atoms with Crippen molar-refractivity contribution in [2.75, 3.05) is 0 Å². The molecule has 1 unspecified atom stereocenters. The summed E-state index contributed by atoms with van der Waals surface area (Å²) in [5.74, 6) is -1.53. The van der Waals surface area contributed by atoms with Gasteiger partial charge in [0.25, 0.3) is 0 Å². The molecular formula is C11H22N2O3. The molecule has 5 heteroatoms. The lowest BCUT2D eigenvalue weighted by Gasteiger charge is -2.23. The minimum Gasteiger partial charge on any atom is -0.480 e. The van der Waals surface area contributed by atoms with E-state index >= 15 is 0 Å². The van der Waals surface area contributed by atoms with Gasteiger partial charge in [0.05, 0.1) is 6.04 Å². The topological polar surface area (TPSA) is 92.4 Å². The van der Waals surface area contributed by atoms with E-state index in [1.807, 2.05) is 20.8 Å². The van der Waals surface area contributed by atoms with Crippen LogP contribution in [0.4, 0.5) is 0 Å². The predicted octanol–water partition coefficient (Wildman–Crippen LogP) is 0.585. The first kappa shape index (κ1) is 14.9. The summed E-state index contributed by atoms with van der Waals surface area (Å²) in [7, 11) is 0. The lowest BCUT2D eigenvalue weighted by molar-refractivity contribution is -0.143. The zero-order chi connectivity index (χ0) is 12.9. The molecule has 16 heavy (non-hydrogen) atoms. The number of aliphatic carboxylic acids is 1. The van der Waals surface area contributed by atoms with E-state index < -0.39 is 24.0 Å². The van der Waals surface area contributed by atoms with E-state index in [0.29, 0.717) is 6.42 Å². The van der Waals surface area contributed by atoms with Gasteiger partial charge >= 0.3 is 5.97 Å². The zero-order valence-corrected chi connectivity index (χ0v) is 10.4. The van der Waals surface area contributed by atoms with Crippen LogP contribution in [0.2, 0.25) is 0 Å². The Bertz CT molecular complexity index is 254. The molecule has 3 atom stereocenters. The number of carboxylic acid groups (broad SMARTS) is 1. The van der Waals surface area contributed by atoms with Crippen LogP contribution in [0.15, 0.2) is 0 Å². The van der Waals surface area contributed by atoms with Gasteiger partial charge in [-0.05, 0) is 11.8 Å². The highest BCUT2D eigenvalue weighted by atomic mass is 16.4. The van der Waals surface area contributed by atoms with Crippen molar-refractivity contribution in [3.63, 3.8) is 0 Å². The van der Waals surface area contributed by atoms with Gasteiger partial charge in [-0.2, -0.15) is 0 Å². The van der Waals surface area contributed by atoms with Crippen molar-refractivity contribution in [1.82, 2.24) is 5.32 Å². The van der Waals surface area contributed by atoms with Crippen molar-refractivity contribution in [3.05, 3.63) is 0 Å². The molecule has 5 nitrogen and oxygen atoms in total. The molecule has 0 radical (unpaired) electrons. The van der Waals surface area contributed by atoms with Crippen LogP contribution in [-0.4, -0.2) is 29.1 Å². The van der Waals surface area contributed by atoms with Crippen molar-refractivity contribution in [3.8, 4) is 0 Å². The highest BCUT2D eigenvalue weighted by Gasteiger charge is 2.28. The lowest BCUT2D eigenvalue weighted by Crippen LogP contribution is -2.52. The van der Waals surface area contributed by atoms with Crippen LogP contribution in [0.1, 0.15) is 34.1 Å². The zero-order valence-electron chi connectivity index (χ0n) is 10.4. The van der Waals surface area contributed by atoms with Gasteiger partial charge in [0.2, 0.25) is 5.91 Å². The van der Waals surface area contributed by atoms with E-state index in [-0.39, 0.29) is 11.8 Å². The molecule has 0 aliphatic carbocycles. The summed E-state index contributed by atoms with van der Waals surface area (Å²) in [6, 6.07) is -1.52. The average molecular weight is 230 g/mol. The van der Waals surface area contributed by atoms with Gasteiger partial charge in [-0.3, -0.25) is 4.79 Å². The number of carbonyl (C=O) groups is 2. The molecule has 0 heterocycles. The van der Waals surface area contributed by atoms with Crippen LogP contribution in [-0.2, 0) is 9.59 Å². The van der Waals surface area contributed by atoms with Crippen LogP contribution in [0.25, 0.3) is 0 Å². The van der Waals surface area contributed by atoms with E-state index in [1.165, 1.54) is 0 Å². The number of nitrogens with two attached hydrogens (primary N) is 1. The number of carboxylic acids is 1. The number of hydrogen-bond donors (Lipinski definition) is 3. The standard InChI is InChI=1S/C11H22N2O3/c1-5-7(4)9(11(15)16)13-10(14)8(12)6(2)3/h6-9H,5,12H2,1-4H3,(H,13,14)(H,15,16)/t7?,8-,9-/m1/s1. The predicted molar refractivity (Wildman–Crippen MR) is 61.8 cm³/mol. The Labute approximate surface area is 96.4 Å². The van der Waals surface area contributed by atoms with Crippen LogP contribution < -0.4 is 11.1 Å². The second-order valence-corrected chi connectivity index (χ2v) is 4.48. The molecule has 0 saturated heterocycles. The van der Waals surface area contributed by atoms with Gasteiger partial charge in [0, 0.05) is 0 Å². The third-order valence-electron chi connectivity index (χ3n) is 2.80. The lowest BCUT2D eigenvalue weighted by atomic mass is 9.97. The fraction of sp³-hybridized carbons (Fsp3) is 0.818. The Hall–Kier alpha value is -1.10. The minimum atomic E-state index is -1.02. The van der Waals surface area contributed by atoms with Crippen molar-refractivity contribution < 1.29 is 14.7 Å². The van der Waals surface area contributed by atoms with Crippen molar-refractivity contribution in [2.24, 2.45) is 17.6 Å². The first-order valence-corrected chi connectivity index (χ1v) is 5.60. The quantitative estimate of drug-likeness (QED) is 0.622. The number of nitrogens with one attached hydrogen (secondary N) is 1.